The van der Waals surface area contributed by atoms with Crippen LogP contribution >= 0.6 is 11.8 Å². The molecule has 172 valence electrons. The van der Waals surface area contributed by atoms with Crippen LogP contribution in [0, 0.1) is 5.92 Å². The number of fused-ring (bicyclic) bond motifs is 1. The Bertz CT molecular complexity index is 1220. The lowest BCUT2D eigenvalue weighted by atomic mass is 9.93. The van der Waals surface area contributed by atoms with Crippen molar-refractivity contribution in [1.29, 1.82) is 0 Å². The second-order valence-corrected chi connectivity index (χ2v) is 9.39. The summed E-state index contributed by atoms with van der Waals surface area (Å²) in [6, 6.07) is 8.19. The first-order valence-corrected chi connectivity index (χ1v) is 12.2. The first-order chi connectivity index (χ1) is 16.2. The summed E-state index contributed by atoms with van der Waals surface area (Å²) in [7, 11) is 1.69. The molecule has 4 N–H and O–H groups in total. The summed E-state index contributed by atoms with van der Waals surface area (Å²) in [5.74, 6) is 2.01. The number of hydrogen-bond donors (Lipinski definition) is 3. The number of piperidine rings is 1. The SMILES string of the molecule is COc1ccc(-c2cc[nH]c2)c(Sc2nc3c(N)ncnc3n2CCCC2CCNCC2)c1. The Kier molecular flexibility index (Phi) is 6.50. The number of nitrogens with two attached hydrogens (primary N) is 1. The normalized spacial score (nSPS) is 14.7. The van der Waals surface area contributed by atoms with Gasteiger partial charge < -0.3 is 25.3 Å². The van der Waals surface area contributed by atoms with Gasteiger partial charge in [0.2, 0.25) is 0 Å². The highest BCUT2D eigenvalue weighted by molar-refractivity contribution is 7.99. The molecule has 0 aliphatic carbocycles. The largest absolute Gasteiger partial charge is 0.497 e. The van der Waals surface area contributed by atoms with Gasteiger partial charge in [-0.2, -0.15) is 0 Å². The van der Waals surface area contributed by atoms with E-state index in [2.05, 4.69) is 43.0 Å². The number of aromatic amines is 1. The molecule has 0 spiro atoms. The lowest BCUT2D eigenvalue weighted by Gasteiger charge is -2.22. The summed E-state index contributed by atoms with van der Waals surface area (Å²) < 4.78 is 7.70. The van der Waals surface area contributed by atoms with Crippen molar-refractivity contribution in [3.8, 4) is 16.9 Å². The number of aryl methyl sites for hydroxylation is 1. The van der Waals surface area contributed by atoms with Crippen molar-refractivity contribution in [2.45, 2.75) is 42.3 Å². The number of nitrogens with zero attached hydrogens (tertiary/aromatic N) is 4. The zero-order chi connectivity index (χ0) is 22.6. The Hall–Kier alpha value is -3.04. The van der Waals surface area contributed by atoms with Gasteiger partial charge in [-0.25, -0.2) is 15.0 Å². The third-order valence-electron chi connectivity index (χ3n) is 6.28. The van der Waals surface area contributed by atoms with Crippen molar-refractivity contribution in [2.24, 2.45) is 5.92 Å². The lowest BCUT2D eigenvalue weighted by molar-refractivity contribution is 0.339. The predicted octanol–water partition coefficient (Wildman–Crippen LogP) is 4.34. The minimum atomic E-state index is 0.412. The van der Waals surface area contributed by atoms with E-state index in [0.29, 0.717) is 11.3 Å². The van der Waals surface area contributed by atoms with Gasteiger partial charge in [0, 0.05) is 29.4 Å². The van der Waals surface area contributed by atoms with Gasteiger partial charge in [0.25, 0.3) is 0 Å². The summed E-state index contributed by atoms with van der Waals surface area (Å²) in [6.07, 6.45) is 10.2. The second kappa shape index (κ2) is 9.84. The van der Waals surface area contributed by atoms with Crippen LogP contribution in [0.15, 0.2) is 53.0 Å². The highest BCUT2D eigenvalue weighted by atomic mass is 32.2. The van der Waals surface area contributed by atoms with Crippen LogP contribution in [0.1, 0.15) is 25.7 Å². The maximum Gasteiger partial charge on any atom is 0.175 e. The fraction of sp³-hybridized carbons (Fsp3) is 0.375. The zero-order valence-electron chi connectivity index (χ0n) is 18.8. The van der Waals surface area contributed by atoms with Crippen LogP contribution < -0.4 is 15.8 Å². The van der Waals surface area contributed by atoms with E-state index in [4.69, 9.17) is 15.5 Å². The molecular weight excluding hydrogens is 434 g/mol. The molecule has 1 aliphatic rings. The Morgan fingerprint density at radius 3 is 2.88 bits per heavy atom. The molecule has 0 atom stereocenters. The van der Waals surface area contributed by atoms with Crippen LogP contribution in [-0.2, 0) is 6.54 Å². The molecule has 5 rings (SSSR count). The smallest absolute Gasteiger partial charge is 0.175 e. The van der Waals surface area contributed by atoms with Crippen molar-refractivity contribution in [3.05, 3.63) is 43.0 Å². The molecule has 33 heavy (non-hydrogen) atoms. The summed E-state index contributed by atoms with van der Waals surface area (Å²) in [4.78, 5) is 17.8. The fourth-order valence-electron chi connectivity index (χ4n) is 4.46. The third-order valence-corrected chi connectivity index (χ3v) is 7.33. The number of aromatic nitrogens is 5. The molecule has 4 heterocycles. The highest BCUT2D eigenvalue weighted by Crippen LogP contribution is 2.39. The monoisotopic (exact) mass is 463 g/mol. The van der Waals surface area contributed by atoms with Crippen LogP contribution in [0.3, 0.4) is 0 Å². The number of H-pyrrole nitrogens is 1. The molecule has 1 aromatic carbocycles. The first kappa shape index (κ1) is 21.8. The number of anilines is 1. The molecule has 9 heteroatoms. The van der Waals surface area contributed by atoms with Gasteiger partial charge >= 0.3 is 0 Å². The van der Waals surface area contributed by atoms with Crippen molar-refractivity contribution in [1.82, 2.24) is 29.8 Å². The molecule has 0 unspecified atom stereocenters. The average Bonchev–Trinajstić information content (AvgIpc) is 3.49. The first-order valence-electron chi connectivity index (χ1n) is 11.4. The fourth-order valence-corrected chi connectivity index (χ4v) is 5.56. The molecule has 8 nitrogen and oxygen atoms in total. The highest BCUT2D eigenvalue weighted by Gasteiger charge is 2.19. The summed E-state index contributed by atoms with van der Waals surface area (Å²) in [5.41, 5.74) is 9.85. The van der Waals surface area contributed by atoms with Gasteiger partial charge in [-0.1, -0.05) is 11.8 Å². The van der Waals surface area contributed by atoms with E-state index >= 15 is 0 Å². The number of benzene rings is 1. The second-order valence-electron chi connectivity index (χ2n) is 8.38. The van der Waals surface area contributed by atoms with Crippen molar-refractivity contribution < 1.29 is 4.74 Å². The number of nitrogens with one attached hydrogen (secondary N) is 2. The van der Waals surface area contributed by atoms with Crippen LogP contribution in [-0.4, -0.2) is 44.7 Å². The minimum Gasteiger partial charge on any atom is -0.497 e. The molecule has 1 fully saturated rings. The molecule has 3 aromatic heterocycles. The summed E-state index contributed by atoms with van der Waals surface area (Å²) >= 11 is 1.61. The lowest BCUT2D eigenvalue weighted by Crippen LogP contribution is -2.27. The number of nitrogen functional groups attached to an aromatic ring is 1. The molecule has 4 aromatic rings. The van der Waals surface area contributed by atoms with Gasteiger partial charge in [0.05, 0.1) is 7.11 Å². The van der Waals surface area contributed by atoms with Gasteiger partial charge in [-0.3, -0.25) is 0 Å². The van der Waals surface area contributed by atoms with E-state index in [0.717, 1.165) is 64.5 Å². The van der Waals surface area contributed by atoms with E-state index in [1.165, 1.54) is 25.6 Å². The number of rotatable bonds is 8. The van der Waals surface area contributed by atoms with Gasteiger partial charge in [-0.15, -0.1) is 0 Å². The molecule has 0 amide bonds. The molecule has 0 radical (unpaired) electrons. The Balaban J connectivity index is 1.48. The van der Waals surface area contributed by atoms with Crippen molar-refractivity contribution in [2.75, 3.05) is 25.9 Å². The van der Waals surface area contributed by atoms with Crippen LogP contribution in [0.5, 0.6) is 5.75 Å². The zero-order valence-corrected chi connectivity index (χ0v) is 19.6. The summed E-state index contributed by atoms with van der Waals surface area (Å²) in [6.45, 7) is 3.10. The Labute approximate surface area is 197 Å². The Morgan fingerprint density at radius 2 is 2.09 bits per heavy atom. The summed E-state index contributed by atoms with van der Waals surface area (Å²) in [5, 5.41) is 4.32. The van der Waals surface area contributed by atoms with E-state index in [9.17, 15) is 0 Å². The van der Waals surface area contributed by atoms with Crippen LogP contribution in [0.4, 0.5) is 5.82 Å². The molecule has 1 saturated heterocycles. The van der Waals surface area contributed by atoms with E-state index < -0.39 is 0 Å². The van der Waals surface area contributed by atoms with Crippen molar-refractivity contribution in [3.63, 3.8) is 0 Å². The quantitative estimate of drug-likeness (QED) is 0.357. The van der Waals surface area contributed by atoms with Gasteiger partial charge in [-0.05, 0) is 74.5 Å². The van der Waals surface area contributed by atoms with Crippen LogP contribution in [0.2, 0.25) is 0 Å². The van der Waals surface area contributed by atoms with Crippen molar-refractivity contribution >= 4 is 28.7 Å². The minimum absolute atomic E-state index is 0.412. The third kappa shape index (κ3) is 4.69. The van der Waals surface area contributed by atoms with E-state index in [-0.39, 0.29) is 0 Å². The average molecular weight is 464 g/mol. The van der Waals surface area contributed by atoms with Gasteiger partial charge in [0.1, 0.15) is 12.1 Å². The number of imidazole rings is 1. The maximum atomic E-state index is 6.16. The predicted molar refractivity (Wildman–Crippen MR) is 131 cm³/mol. The molecule has 1 aliphatic heterocycles. The molecule has 0 saturated carbocycles. The van der Waals surface area contributed by atoms with Crippen LogP contribution in [0.25, 0.3) is 22.3 Å². The van der Waals surface area contributed by atoms with E-state index in [1.54, 1.807) is 18.9 Å². The standard InChI is InChI=1S/C24H29N7OS/c1-32-18-4-5-19(17-8-11-27-14-17)20(13-18)33-24-30-21-22(25)28-15-29-23(21)31(24)12-2-3-16-6-9-26-10-7-16/h4-5,8,11,13-16,26-27H,2-3,6-7,9-10,12H2,1H3,(H2,25,28,29). The number of ether oxygens (including phenoxy) is 1. The van der Waals surface area contributed by atoms with Gasteiger partial charge in [0.15, 0.2) is 22.1 Å². The number of methoxy groups -OCH3 is 1. The topological polar surface area (TPSA) is 107 Å². The Morgan fingerprint density at radius 1 is 1.21 bits per heavy atom. The molecule has 0 bridgehead atoms. The molecular formula is C24H29N7OS. The number of hydrogen-bond acceptors (Lipinski definition) is 7. The van der Waals surface area contributed by atoms with E-state index in [1.807, 2.05) is 18.5 Å². The maximum absolute atomic E-state index is 6.16.